The first-order valence-corrected chi connectivity index (χ1v) is 10.2. The Morgan fingerprint density at radius 3 is 2.15 bits per heavy atom. The number of ether oxygens (including phenoxy) is 1. The number of hydrogen-bond donors (Lipinski definition) is 2. The molecule has 0 saturated carbocycles. The second kappa shape index (κ2) is 7.88. The Morgan fingerprint density at radius 1 is 1.00 bits per heavy atom. The van der Waals surface area contributed by atoms with E-state index in [4.69, 9.17) is 9.84 Å². The Labute approximate surface area is 152 Å². The normalized spacial score (nSPS) is 13.1. The molecule has 26 heavy (non-hydrogen) atoms. The molecule has 1 aliphatic carbocycles. The Balaban J connectivity index is 1.59. The predicted octanol–water partition coefficient (Wildman–Crippen LogP) is 1.93. The van der Waals surface area contributed by atoms with Crippen LogP contribution in [0.15, 0.2) is 48.5 Å². The molecule has 0 unspecified atom stereocenters. The molecule has 0 bridgehead atoms. The summed E-state index contributed by atoms with van der Waals surface area (Å²) in [6.45, 7) is -0.282. The number of fused-ring (bicyclic) bond motifs is 3. The summed E-state index contributed by atoms with van der Waals surface area (Å²) in [4.78, 5) is 11.9. The largest absolute Gasteiger partial charge is 0.449 e. The van der Waals surface area contributed by atoms with Crippen LogP contribution >= 0.6 is 0 Å². The molecule has 1 amide bonds. The maximum atomic E-state index is 11.9. The van der Waals surface area contributed by atoms with E-state index >= 15 is 0 Å². The van der Waals surface area contributed by atoms with Crippen molar-refractivity contribution in [2.75, 3.05) is 31.3 Å². The lowest BCUT2D eigenvalue weighted by Crippen LogP contribution is -2.31. The molecule has 0 saturated heterocycles. The van der Waals surface area contributed by atoms with Gasteiger partial charge in [0.25, 0.3) is 0 Å². The molecule has 2 aromatic carbocycles. The zero-order valence-electron chi connectivity index (χ0n) is 14.2. The minimum Gasteiger partial charge on any atom is -0.449 e. The van der Waals surface area contributed by atoms with Gasteiger partial charge in [0.1, 0.15) is 6.61 Å². The highest BCUT2D eigenvalue weighted by molar-refractivity contribution is 7.91. The number of carbonyl (C=O) groups excluding carboxylic acids is 1. The number of carbonyl (C=O) groups is 1. The van der Waals surface area contributed by atoms with Gasteiger partial charge in [0.15, 0.2) is 9.84 Å². The summed E-state index contributed by atoms with van der Waals surface area (Å²) in [5.41, 5.74) is 4.53. The summed E-state index contributed by atoms with van der Waals surface area (Å²) in [7, 11) is -3.36. The lowest BCUT2D eigenvalue weighted by atomic mass is 9.98. The number of amides is 1. The van der Waals surface area contributed by atoms with Crippen molar-refractivity contribution in [2.24, 2.45) is 0 Å². The Hall–Kier alpha value is -2.38. The van der Waals surface area contributed by atoms with Crippen molar-refractivity contribution in [2.45, 2.75) is 5.92 Å². The van der Waals surface area contributed by atoms with Crippen LogP contribution in [0.2, 0.25) is 0 Å². The minimum absolute atomic E-state index is 0.0359. The van der Waals surface area contributed by atoms with E-state index in [1.165, 1.54) is 0 Å². The van der Waals surface area contributed by atoms with Crippen LogP contribution < -0.4 is 5.32 Å². The zero-order chi connectivity index (χ0) is 18.6. The Bertz CT molecular complexity index is 849. The van der Waals surface area contributed by atoms with Gasteiger partial charge in [-0.2, -0.15) is 0 Å². The molecule has 0 aromatic heterocycles. The summed E-state index contributed by atoms with van der Waals surface area (Å²) >= 11 is 0. The molecule has 0 aliphatic heterocycles. The van der Waals surface area contributed by atoms with Crippen molar-refractivity contribution in [1.29, 1.82) is 0 Å². The van der Waals surface area contributed by atoms with Gasteiger partial charge in [0.05, 0.1) is 18.1 Å². The number of aliphatic hydroxyl groups is 1. The Kier molecular flexibility index (Phi) is 5.58. The van der Waals surface area contributed by atoms with Crippen LogP contribution in [-0.2, 0) is 14.6 Å². The fourth-order valence-electron chi connectivity index (χ4n) is 3.20. The van der Waals surface area contributed by atoms with Crippen LogP contribution in [0.25, 0.3) is 11.1 Å². The van der Waals surface area contributed by atoms with Crippen LogP contribution in [0.4, 0.5) is 4.79 Å². The monoisotopic (exact) mass is 375 g/mol. The second-order valence-electron chi connectivity index (χ2n) is 6.13. The molecule has 1 aliphatic rings. The lowest BCUT2D eigenvalue weighted by molar-refractivity contribution is 0.143. The maximum absolute atomic E-state index is 11.9. The molecule has 2 aromatic rings. The van der Waals surface area contributed by atoms with Gasteiger partial charge in [0.2, 0.25) is 0 Å². The first-order chi connectivity index (χ1) is 12.5. The van der Waals surface area contributed by atoms with Crippen LogP contribution in [-0.4, -0.2) is 50.9 Å². The van der Waals surface area contributed by atoms with E-state index in [2.05, 4.69) is 17.4 Å². The van der Waals surface area contributed by atoms with Gasteiger partial charge in [-0.25, -0.2) is 13.2 Å². The van der Waals surface area contributed by atoms with Gasteiger partial charge in [-0.05, 0) is 22.3 Å². The molecule has 0 atom stereocenters. The highest BCUT2D eigenvalue weighted by atomic mass is 32.2. The number of aliphatic hydroxyl groups excluding tert-OH is 1. The maximum Gasteiger partial charge on any atom is 0.407 e. The van der Waals surface area contributed by atoms with Crippen LogP contribution in [0, 0.1) is 0 Å². The molecule has 7 heteroatoms. The van der Waals surface area contributed by atoms with Crippen LogP contribution in [0.3, 0.4) is 0 Å². The minimum atomic E-state index is -3.36. The third-order valence-corrected chi connectivity index (χ3v) is 6.06. The van der Waals surface area contributed by atoms with E-state index in [9.17, 15) is 13.2 Å². The van der Waals surface area contributed by atoms with Gasteiger partial charge in [0, 0.05) is 12.5 Å². The van der Waals surface area contributed by atoms with E-state index in [0.717, 1.165) is 22.3 Å². The van der Waals surface area contributed by atoms with Crippen molar-refractivity contribution in [3.8, 4) is 11.1 Å². The summed E-state index contributed by atoms with van der Waals surface area (Å²) in [5.74, 6) is -0.566. The lowest BCUT2D eigenvalue weighted by Gasteiger charge is -2.14. The number of nitrogens with one attached hydrogen (secondary N) is 1. The van der Waals surface area contributed by atoms with Gasteiger partial charge in [-0.1, -0.05) is 48.5 Å². The number of alkyl carbamates (subject to hydrolysis) is 1. The molecule has 3 rings (SSSR count). The molecule has 0 radical (unpaired) electrons. The predicted molar refractivity (Wildman–Crippen MR) is 98.8 cm³/mol. The molecular weight excluding hydrogens is 354 g/mol. The average molecular weight is 375 g/mol. The van der Waals surface area contributed by atoms with Crippen molar-refractivity contribution >= 4 is 15.9 Å². The van der Waals surface area contributed by atoms with Crippen molar-refractivity contribution < 1.29 is 23.1 Å². The van der Waals surface area contributed by atoms with Gasteiger partial charge in [-0.15, -0.1) is 0 Å². The van der Waals surface area contributed by atoms with Crippen molar-refractivity contribution in [3.63, 3.8) is 0 Å². The average Bonchev–Trinajstić information content (AvgIpc) is 2.94. The van der Waals surface area contributed by atoms with Gasteiger partial charge >= 0.3 is 6.09 Å². The third kappa shape index (κ3) is 4.05. The fourth-order valence-corrected chi connectivity index (χ4v) is 4.09. The first-order valence-electron chi connectivity index (χ1n) is 8.42. The number of hydrogen-bond acceptors (Lipinski definition) is 5. The fraction of sp³-hybridized carbons (Fsp3) is 0.316. The second-order valence-corrected chi connectivity index (χ2v) is 8.43. The van der Waals surface area contributed by atoms with Crippen molar-refractivity contribution in [3.05, 3.63) is 59.7 Å². The number of rotatable bonds is 7. The standard InChI is InChI=1S/C19H21NO5S/c21-10-12-26(23,24)11-9-20-19(22)25-13-18-16-7-3-1-5-14(16)15-6-2-4-8-17(15)18/h1-8,18,21H,9-13H2,(H,20,22). The van der Waals surface area contributed by atoms with E-state index in [0.29, 0.717) is 0 Å². The summed E-state index contributed by atoms with van der Waals surface area (Å²) in [5, 5.41) is 11.1. The van der Waals surface area contributed by atoms with Gasteiger partial charge in [-0.3, -0.25) is 0 Å². The molecule has 0 heterocycles. The highest BCUT2D eigenvalue weighted by Crippen LogP contribution is 2.44. The number of sulfone groups is 1. The van der Waals surface area contributed by atoms with E-state index in [-0.39, 0.29) is 30.6 Å². The Morgan fingerprint density at radius 2 is 1.58 bits per heavy atom. The van der Waals surface area contributed by atoms with Crippen molar-refractivity contribution in [1.82, 2.24) is 5.32 Å². The summed E-state index contributed by atoms with van der Waals surface area (Å²) in [6.07, 6.45) is -0.647. The number of benzene rings is 2. The molecular formula is C19H21NO5S. The highest BCUT2D eigenvalue weighted by Gasteiger charge is 2.28. The van der Waals surface area contributed by atoms with E-state index in [1.807, 2.05) is 36.4 Å². The molecule has 0 fully saturated rings. The zero-order valence-corrected chi connectivity index (χ0v) is 15.0. The molecule has 6 nitrogen and oxygen atoms in total. The quantitative estimate of drug-likeness (QED) is 0.771. The first kappa shape index (κ1) is 18.4. The van der Waals surface area contributed by atoms with E-state index < -0.39 is 22.5 Å². The van der Waals surface area contributed by atoms with Gasteiger partial charge < -0.3 is 15.2 Å². The SMILES string of the molecule is O=C(NCCS(=O)(=O)CCO)OCC1c2ccccc2-c2ccccc21. The molecule has 0 spiro atoms. The molecule has 138 valence electrons. The summed E-state index contributed by atoms with van der Waals surface area (Å²) in [6, 6.07) is 16.1. The third-order valence-electron chi connectivity index (χ3n) is 4.43. The van der Waals surface area contributed by atoms with Crippen LogP contribution in [0.5, 0.6) is 0 Å². The summed E-state index contributed by atoms with van der Waals surface area (Å²) < 4.78 is 28.3. The van der Waals surface area contributed by atoms with E-state index in [1.54, 1.807) is 0 Å². The van der Waals surface area contributed by atoms with Crippen LogP contribution in [0.1, 0.15) is 17.0 Å². The molecule has 2 N–H and O–H groups in total. The topological polar surface area (TPSA) is 92.7 Å². The smallest absolute Gasteiger partial charge is 0.407 e.